The summed E-state index contributed by atoms with van der Waals surface area (Å²) in [5, 5.41) is -0.605. The van der Waals surface area contributed by atoms with Crippen LogP contribution in [0.25, 0.3) is 0 Å². The number of rotatable bonds is 15. The predicted octanol–water partition coefficient (Wildman–Crippen LogP) is 6.94. The average Bonchev–Trinajstić information content (AvgIpc) is 3.06. The third-order valence-corrected chi connectivity index (χ3v) is 7.94. The number of hydrogen-bond acceptors (Lipinski definition) is 6. The minimum Gasteiger partial charge on any atom is -0.369 e. The van der Waals surface area contributed by atoms with Crippen LogP contribution >= 0.6 is 11.6 Å². The molecule has 4 aromatic carbocycles. The standard InChI is InChI=1S/C36H39ClO6/c1-38-26-43-35-33(40-23-28-16-8-3-9-17-28)31(37)32(39-22-27-14-6-2-7-15-27)34(41-24-29-18-10-4-11-19-29)36(35)42-25-30-20-12-5-13-21-30/h2-21,31-36H,22-26H2,1H3/t31-,32-,33-,34+,35-,36-/m1/s1. The number of alkyl halides is 1. The molecule has 43 heavy (non-hydrogen) atoms. The third kappa shape index (κ3) is 8.97. The number of ether oxygens (including phenoxy) is 6. The van der Waals surface area contributed by atoms with E-state index in [9.17, 15) is 0 Å². The predicted molar refractivity (Wildman–Crippen MR) is 166 cm³/mol. The fourth-order valence-corrected chi connectivity index (χ4v) is 5.70. The van der Waals surface area contributed by atoms with Crippen LogP contribution in [0.5, 0.6) is 0 Å². The number of benzene rings is 4. The topological polar surface area (TPSA) is 55.4 Å². The van der Waals surface area contributed by atoms with Gasteiger partial charge < -0.3 is 28.4 Å². The summed E-state index contributed by atoms with van der Waals surface area (Å²) in [6, 6.07) is 40.1. The summed E-state index contributed by atoms with van der Waals surface area (Å²) < 4.78 is 38.1. The maximum Gasteiger partial charge on any atom is 0.146 e. The van der Waals surface area contributed by atoms with Gasteiger partial charge in [0.1, 0.15) is 37.3 Å². The van der Waals surface area contributed by atoms with Crippen LogP contribution < -0.4 is 0 Å². The molecule has 0 amide bonds. The molecule has 0 saturated heterocycles. The lowest BCUT2D eigenvalue weighted by atomic mass is 9.85. The fourth-order valence-electron chi connectivity index (χ4n) is 5.27. The van der Waals surface area contributed by atoms with E-state index in [2.05, 4.69) is 0 Å². The molecule has 226 valence electrons. The van der Waals surface area contributed by atoms with E-state index in [4.69, 9.17) is 40.0 Å². The zero-order valence-corrected chi connectivity index (χ0v) is 25.1. The van der Waals surface area contributed by atoms with Crippen molar-refractivity contribution in [2.75, 3.05) is 13.9 Å². The van der Waals surface area contributed by atoms with Crippen molar-refractivity contribution in [3.05, 3.63) is 144 Å². The summed E-state index contributed by atoms with van der Waals surface area (Å²) in [4.78, 5) is 0. The Hall–Kier alpha value is -3.07. The van der Waals surface area contributed by atoms with Gasteiger partial charge in [-0.2, -0.15) is 0 Å². The van der Waals surface area contributed by atoms with Crippen molar-refractivity contribution in [2.24, 2.45) is 0 Å². The van der Waals surface area contributed by atoms with Crippen molar-refractivity contribution in [1.29, 1.82) is 0 Å². The van der Waals surface area contributed by atoms with Crippen LogP contribution in [0.1, 0.15) is 22.3 Å². The van der Waals surface area contributed by atoms with Crippen LogP contribution in [0.2, 0.25) is 0 Å². The average molecular weight is 603 g/mol. The number of halogens is 1. The molecule has 1 aliphatic carbocycles. The molecule has 5 rings (SSSR count). The van der Waals surface area contributed by atoms with Gasteiger partial charge in [0.25, 0.3) is 0 Å². The highest BCUT2D eigenvalue weighted by atomic mass is 35.5. The molecule has 0 aliphatic heterocycles. The minimum absolute atomic E-state index is 0.0472. The van der Waals surface area contributed by atoms with Crippen LogP contribution in [0.15, 0.2) is 121 Å². The van der Waals surface area contributed by atoms with E-state index in [-0.39, 0.29) is 6.79 Å². The summed E-state index contributed by atoms with van der Waals surface area (Å²) in [5.74, 6) is 0. The molecule has 6 nitrogen and oxygen atoms in total. The molecular weight excluding hydrogens is 564 g/mol. The van der Waals surface area contributed by atoms with Crippen LogP contribution in [0.3, 0.4) is 0 Å². The van der Waals surface area contributed by atoms with Crippen molar-refractivity contribution in [1.82, 2.24) is 0 Å². The molecule has 0 N–H and O–H groups in total. The first-order valence-electron chi connectivity index (χ1n) is 14.6. The molecule has 0 spiro atoms. The second-order valence-electron chi connectivity index (χ2n) is 10.5. The lowest BCUT2D eigenvalue weighted by Gasteiger charge is -2.48. The Kier molecular flexibility index (Phi) is 12.2. The van der Waals surface area contributed by atoms with E-state index in [0.717, 1.165) is 22.3 Å². The van der Waals surface area contributed by atoms with Gasteiger partial charge in [-0.25, -0.2) is 0 Å². The molecule has 6 atom stereocenters. The first-order chi connectivity index (χ1) is 21.2. The smallest absolute Gasteiger partial charge is 0.146 e. The normalized spacial score (nSPS) is 23.7. The quantitative estimate of drug-likeness (QED) is 0.109. The van der Waals surface area contributed by atoms with Crippen molar-refractivity contribution < 1.29 is 28.4 Å². The highest BCUT2D eigenvalue weighted by molar-refractivity contribution is 6.21. The van der Waals surface area contributed by atoms with E-state index < -0.39 is 35.9 Å². The zero-order valence-electron chi connectivity index (χ0n) is 24.4. The Morgan fingerprint density at radius 1 is 0.419 bits per heavy atom. The van der Waals surface area contributed by atoms with E-state index in [1.165, 1.54) is 0 Å². The van der Waals surface area contributed by atoms with Gasteiger partial charge in [0, 0.05) is 7.11 Å². The molecule has 0 heterocycles. The molecule has 1 saturated carbocycles. The van der Waals surface area contributed by atoms with Crippen LogP contribution in [-0.4, -0.2) is 49.8 Å². The Bertz CT molecular complexity index is 1310. The Morgan fingerprint density at radius 2 is 0.698 bits per heavy atom. The SMILES string of the molecule is COCO[C@H]1[C@H](OCc2ccccc2)[C@@H](OCc2ccccc2)[C@H](OCc2ccccc2)[C@@H](Cl)[C@H]1OCc1ccccc1. The van der Waals surface area contributed by atoms with Crippen molar-refractivity contribution in [3.8, 4) is 0 Å². The van der Waals surface area contributed by atoms with Crippen LogP contribution in [0, 0.1) is 0 Å². The van der Waals surface area contributed by atoms with Gasteiger partial charge in [-0.05, 0) is 22.3 Å². The molecule has 0 radical (unpaired) electrons. The van der Waals surface area contributed by atoms with Crippen molar-refractivity contribution in [3.63, 3.8) is 0 Å². The second kappa shape index (κ2) is 16.7. The van der Waals surface area contributed by atoms with Gasteiger partial charge in [-0.3, -0.25) is 0 Å². The second-order valence-corrected chi connectivity index (χ2v) is 11.0. The molecule has 0 unspecified atom stereocenters. The van der Waals surface area contributed by atoms with E-state index in [1.54, 1.807) is 7.11 Å². The monoisotopic (exact) mass is 602 g/mol. The van der Waals surface area contributed by atoms with Gasteiger partial charge in [-0.1, -0.05) is 121 Å². The highest BCUT2D eigenvalue weighted by Gasteiger charge is 2.54. The number of methoxy groups -OCH3 is 1. The van der Waals surface area contributed by atoms with Crippen LogP contribution in [-0.2, 0) is 54.8 Å². The first-order valence-corrected chi connectivity index (χ1v) is 15.0. The molecule has 1 aliphatic rings. The number of hydrogen-bond donors (Lipinski definition) is 0. The molecule has 1 fully saturated rings. The summed E-state index contributed by atoms with van der Waals surface area (Å²) >= 11 is 7.31. The highest BCUT2D eigenvalue weighted by Crippen LogP contribution is 2.36. The zero-order chi connectivity index (χ0) is 29.7. The van der Waals surface area contributed by atoms with E-state index in [1.807, 2.05) is 121 Å². The van der Waals surface area contributed by atoms with Gasteiger partial charge in [0.15, 0.2) is 0 Å². The lowest BCUT2D eigenvalue weighted by Crippen LogP contribution is -2.65. The van der Waals surface area contributed by atoms with E-state index >= 15 is 0 Å². The summed E-state index contributed by atoms with van der Waals surface area (Å²) in [5.41, 5.74) is 4.14. The Morgan fingerprint density at radius 3 is 1.02 bits per heavy atom. The summed E-state index contributed by atoms with van der Waals surface area (Å²) in [6.45, 7) is 1.48. The molecule has 0 aromatic heterocycles. The van der Waals surface area contributed by atoms with Gasteiger partial charge in [-0.15, -0.1) is 11.6 Å². The molecule has 0 bridgehead atoms. The van der Waals surface area contributed by atoms with Crippen molar-refractivity contribution >= 4 is 11.6 Å². The minimum atomic E-state index is -0.605. The maximum atomic E-state index is 7.31. The third-order valence-electron chi connectivity index (χ3n) is 7.44. The first kappa shape index (κ1) is 31.4. The fraction of sp³-hybridized carbons (Fsp3) is 0.333. The Labute approximate surface area is 259 Å². The largest absolute Gasteiger partial charge is 0.369 e. The maximum absolute atomic E-state index is 7.31. The van der Waals surface area contributed by atoms with Gasteiger partial charge in [0.05, 0.1) is 31.8 Å². The summed E-state index contributed by atoms with van der Waals surface area (Å²) in [7, 11) is 1.59. The molecule has 4 aromatic rings. The van der Waals surface area contributed by atoms with Crippen molar-refractivity contribution in [2.45, 2.75) is 62.3 Å². The van der Waals surface area contributed by atoms with Gasteiger partial charge >= 0.3 is 0 Å². The summed E-state index contributed by atoms with van der Waals surface area (Å²) in [6.07, 6.45) is -2.86. The van der Waals surface area contributed by atoms with Crippen LogP contribution in [0.4, 0.5) is 0 Å². The molecule has 7 heteroatoms. The van der Waals surface area contributed by atoms with Gasteiger partial charge in [0.2, 0.25) is 0 Å². The lowest BCUT2D eigenvalue weighted by molar-refractivity contribution is -0.258. The van der Waals surface area contributed by atoms with E-state index in [0.29, 0.717) is 26.4 Å². The Balaban J connectivity index is 1.47. The molecular formula is C36H39ClO6.